The van der Waals surface area contributed by atoms with Crippen molar-refractivity contribution in [1.29, 1.82) is 0 Å². The SMILES string of the molecule is Cc1cccc(CCC(=O)Nc2ccc(F)cc2Cl)c1. The van der Waals surface area contributed by atoms with Gasteiger partial charge in [-0.25, -0.2) is 4.39 Å². The van der Waals surface area contributed by atoms with Crippen LogP contribution in [0.1, 0.15) is 17.5 Å². The van der Waals surface area contributed by atoms with Crippen LogP contribution in [0.25, 0.3) is 0 Å². The van der Waals surface area contributed by atoms with Gasteiger partial charge in [0.15, 0.2) is 0 Å². The third-order valence-corrected chi connectivity index (χ3v) is 3.24. The van der Waals surface area contributed by atoms with Gasteiger partial charge in [-0.1, -0.05) is 41.4 Å². The Morgan fingerprint density at radius 2 is 2.05 bits per heavy atom. The van der Waals surface area contributed by atoms with E-state index in [1.54, 1.807) is 0 Å². The fourth-order valence-corrected chi connectivity index (χ4v) is 2.14. The second-order valence-corrected chi connectivity index (χ2v) is 5.07. The lowest BCUT2D eigenvalue weighted by Crippen LogP contribution is -2.12. The van der Waals surface area contributed by atoms with Crippen molar-refractivity contribution in [2.24, 2.45) is 0 Å². The predicted molar refractivity (Wildman–Crippen MR) is 79.5 cm³/mol. The minimum absolute atomic E-state index is 0.139. The lowest BCUT2D eigenvalue weighted by atomic mass is 10.1. The first-order chi connectivity index (χ1) is 9.54. The summed E-state index contributed by atoms with van der Waals surface area (Å²) in [6.07, 6.45) is 1.02. The van der Waals surface area contributed by atoms with E-state index in [4.69, 9.17) is 11.6 Å². The summed E-state index contributed by atoms with van der Waals surface area (Å²) in [5, 5.41) is 2.89. The molecule has 1 N–H and O–H groups in total. The maximum absolute atomic E-state index is 12.9. The van der Waals surface area contributed by atoms with E-state index in [1.807, 2.05) is 25.1 Å². The van der Waals surface area contributed by atoms with Gasteiger partial charge in [0.2, 0.25) is 5.91 Å². The van der Waals surface area contributed by atoms with Crippen LogP contribution in [0.15, 0.2) is 42.5 Å². The normalized spacial score (nSPS) is 10.3. The van der Waals surface area contributed by atoms with E-state index >= 15 is 0 Å². The summed E-state index contributed by atoms with van der Waals surface area (Å²) in [4.78, 5) is 11.8. The molecule has 2 rings (SSSR count). The summed E-state index contributed by atoms with van der Waals surface area (Å²) >= 11 is 5.86. The average molecular weight is 292 g/mol. The van der Waals surface area contributed by atoms with E-state index < -0.39 is 5.82 Å². The van der Waals surface area contributed by atoms with E-state index in [1.165, 1.54) is 23.8 Å². The molecule has 0 heterocycles. The number of hydrogen-bond donors (Lipinski definition) is 1. The average Bonchev–Trinajstić information content (AvgIpc) is 2.40. The zero-order chi connectivity index (χ0) is 14.5. The zero-order valence-corrected chi connectivity index (χ0v) is 11.9. The van der Waals surface area contributed by atoms with Crippen LogP contribution in [0.3, 0.4) is 0 Å². The number of hydrogen-bond acceptors (Lipinski definition) is 1. The molecule has 0 saturated heterocycles. The number of carbonyl (C=O) groups excluding carboxylic acids is 1. The van der Waals surface area contributed by atoms with Gasteiger partial charge in [-0.15, -0.1) is 0 Å². The molecule has 0 spiro atoms. The van der Waals surface area contributed by atoms with E-state index in [0.29, 0.717) is 18.5 Å². The second-order valence-electron chi connectivity index (χ2n) is 4.66. The van der Waals surface area contributed by atoms with Crippen molar-refractivity contribution in [3.05, 3.63) is 64.4 Å². The third kappa shape index (κ3) is 4.07. The molecule has 2 aromatic rings. The second kappa shape index (κ2) is 6.53. The molecule has 2 nitrogen and oxygen atoms in total. The van der Waals surface area contributed by atoms with Crippen molar-refractivity contribution < 1.29 is 9.18 Å². The molecular formula is C16H15ClFNO. The van der Waals surface area contributed by atoms with Crippen LogP contribution in [-0.2, 0) is 11.2 Å². The van der Waals surface area contributed by atoms with Gasteiger partial charge in [0.25, 0.3) is 0 Å². The first-order valence-corrected chi connectivity index (χ1v) is 6.73. The number of carbonyl (C=O) groups is 1. The maximum Gasteiger partial charge on any atom is 0.224 e. The van der Waals surface area contributed by atoms with Gasteiger partial charge >= 0.3 is 0 Å². The molecule has 0 bridgehead atoms. The van der Waals surface area contributed by atoms with Crippen molar-refractivity contribution in [3.63, 3.8) is 0 Å². The molecule has 0 fully saturated rings. The maximum atomic E-state index is 12.9. The number of rotatable bonds is 4. The number of benzene rings is 2. The van der Waals surface area contributed by atoms with Crippen LogP contribution < -0.4 is 5.32 Å². The number of halogens is 2. The largest absolute Gasteiger partial charge is 0.325 e. The van der Waals surface area contributed by atoms with Gasteiger partial charge in [0.05, 0.1) is 10.7 Å². The number of nitrogens with one attached hydrogen (secondary N) is 1. The standard InChI is InChI=1S/C16H15ClFNO/c1-11-3-2-4-12(9-11)5-8-16(20)19-15-7-6-13(18)10-14(15)17/h2-4,6-7,9-10H,5,8H2,1H3,(H,19,20). The van der Waals surface area contributed by atoms with Gasteiger partial charge in [-0.3, -0.25) is 4.79 Å². The summed E-state index contributed by atoms with van der Waals surface area (Å²) in [6, 6.07) is 11.9. The van der Waals surface area contributed by atoms with E-state index in [9.17, 15) is 9.18 Å². The fourth-order valence-electron chi connectivity index (χ4n) is 1.93. The Kier molecular flexibility index (Phi) is 4.74. The van der Waals surface area contributed by atoms with Gasteiger partial charge in [0.1, 0.15) is 5.82 Å². The zero-order valence-electron chi connectivity index (χ0n) is 11.1. The van der Waals surface area contributed by atoms with Crippen molar-refractivity contribution in [2.75, 3.05) is 5.32 Å². The van der Waals surface area contributed by atoms with Crippen LogP contribution in [0, 0.1) is 12.7 Å². The van der Waals surface area contributed by atoms with Crippen molar-refractivity contribution in [3.8, 4) is 0 Å². The molecule has 0 aliphatic heterocycles. The smallest absolute Gasteiger partial charge is 0.224 e. The molecule has 0 saturated carbocycles. The highest BCUT2D eigenvalue weighted by Gasteiger charge is 2.07. The fraction of sp³-hybridized carbons (Fsp3) is 0.188. The summed E-state index contributed by atoms with van der Waals surface area (Å²) in [5.74, 6) is -0.562. The summed E-state index contributed by atoms with van der Waals surface area (Å²) in [7, 11) is 0. The minimum atomic E-state index is -0.423. The van der Waals surface area contributed by atoms with E-state index in [2.05, 4.69) is 11.4 Å². The molecule has 0 aliphatic carbocycles. The molecule has 0 unspecified atom stereocenters. The molecule has 2 aromatic carbocycles. The molecule has 4 heteroatoms. The Hall–Kier alpha value is -1.87. The first kappa shape index (κ1) is 14.5. The van der Waals surface area contributed by atoms with Crippen LogP contribution in [-0.4, -0.2) is 5.91 Å². The van der Waals surface area contributed by atoms with Gasteiger partial charge in [-0.05, 0) is 37.1 Å². The van der Waals surface area contributed by atoms with E-state index in [0.717, 1.165) is 5.56 Å². The Morgan fingerprint density at radius 1 is 1.25 bits per heavy atom. The lowest BCUT2D eigenvalue weighted by Gasteiger charge is -2.07. The van der Waals surface area contributed by atoms with Gasteiger partial charge in [-0.2, -0.15) is 0 Å². The number of amides is 1. The molecule has 0 aromatic heterocycles. The number of aryl methyl sites for hydroxylation is 2. The van der Waals surface area contributed by atoms with Crippen LogP contribution in [0.5, 0.6) is 0 Å². The van der Waals surface area contributed by atoms with Crippen LogP contribution in [0.4, 0.5) is 10.1 Å². The van der Waals surface area contributed by atoms with Crippen LogP contribution in [0.2, 0.25) is 5.02 Å². The molecule has 20 heavy (non-hydrogen) atoms. The highest BCUT2D eigenvalue weighted by Crippen LogP contribution is 2.22. The summed E-state index contributed by atoms with van der Waals surface area (Å²) < 4.78 is 12.9. The Bertz CT molecular complexity index is 628. The Balaban J connectivity index is 1.92. The molecule has 0 atom stereocenters. The summed E-state index contributed by atoms with van der Waals surface area (Å²) in [6.45, 7) is 2.02. The molecule has 0 aliphatic rings. The molecule has 104 valence electrons. The molecular weight excluding hydrogens is 277 g/mol. The number of anilines is 1. The first-order valence-electron chi connectivity index (χ1n) is 6.35. The topological polar surface area (TPSA) is 29.1 Å². The minimum Gasteiger partial charge on any atom is -0.325 e. The highest BCUT2D eigenvalue weighted by molar-refractivity contribution is 6.33. The Morgan fingerprint density at radius 3 is 2.75 bits per heavy atom. The van der Waals surface area contributed by atoms with Gasteiger partial charge in [0, 0.05) is 6.42 Å². The summed E-state index contributed by atoms with van der Waals surface area (Å²) in [5.41, 5.74) is 2.72. The lowest BCUT2D eigenvalue weighted by molar-refractivity contribution is -0.116. The molecule has 0 radical (unpaired) electrons. The van der Waals surface area contributed by atoms with Crippen molar-refractivity contribution >= 4 is 23.2 Å². The van der Waals surface area contributed by atoms with E-state index in [-0.39, 0.29) is 10.9 Å². The highest BCUT2D eigenvalue weighted by atomic mass is 35.5. The predicted octanol–water partition coefficient (Wildman–Crippen LogP) is 4.36. The molecule has 1 amide bonds. The van der Waals surface area contributed by atoms with Crippen molar-refractivity contribution in [1.82, 2.24) is 0 Å². The third-order valence-electron chi connectivity index (χ3n) is 2.93. The Labute approximate surface area is 122 Å². The quantitative estimate of drug-likeness (QED) is 0.891. The van der Waals surface area contributed by atoms with Crippen LogP contribution >= 0.6 is 11.6 Å². The monoisotopic (exact) mass is 291 g/mol. The van der Waals surface area contributed by atoms with Crippen molar-refractivity contribution in [2.45, 2.75) is 19.8 Å². The van der Waals surface area contributed by atoms with Gasteiger partial charge < -0.3 is 5.32 Å².